The minimum atomic E-state index is -0.978. The Bertz CT molecular complexity index is 1280. The number of nitrogens with zero attached hydrogens (tertiary/aromatic N) is 2. The lowest BCUT2D eigenvalue weighted by Gasteiger charge is -2.40. The van der Waals surface area contributed by atoms with Gasteiger partial charge in [-0.05, 0) is 69.7 Å². The number of benzene rings is 2. The van der Waals surface area contributed by atoms with Gasteiger partial charge in [-0.2, -0.15) is 0 Å². The average molecular weight is 577 g/mol. The van der Waals surface area contributed by atoms with Crippen LogP contribution < -0.4 is 25.2 Å². The molecule has 9 heteroatoms. The Morgan fingerprint density at radius 1 is 1.14 bits per heavy atom. The van der Waals surface area contributed by atoms with E-state index >= 15 is 0 Å². The molecule has 42 heavy (non-hydrogen) atoms. The van der Waals surface area contributed by atoms with Crippen LogP contribution in [0.2, 0.25) is 0 Å². The van der Waals surface area contributed by atoms with Gasteiger partial charge in [-0.15, -0.1) is 0 Å². The Kier molecular flexibility index (Phi) is 9.18. The van der Waals surface area contributed by atoms with Gasteiger partial charge in [-0.25, -0.2) is 0 Å². The number of fused-ring (bicyclic) bond motifs is 1. The number of amides is 3. The number of rotatable bonds is 11. The highest BCUT2D eigenvalue weighted by Gasteiger charge is 2.43. The van der Waals surface area contributed by atoms with Crippen molar-refractivity contribution in [3.8, 4) is 5.75 Å². The van der Waals surface area contributed by atoms with E-state index in [0.29, 0.717) is 50.5 Å². The van der Waals surface area contributed by atoms with Crippen molar-refractivity contribution in [2.24, 2.45) is 11.8 Å². The Morgan fingerprint density at radius 3 is 2.57 bits per heavy atom. The van der Waals surface area contributed by atoms with Crippen molar-refractivity contribution in [3.05, 3.63) is 54.1 Å². The molecule has 0 spiro atoms. The first-order valence-electron chi connectivity index (χ1n) is 15.3. The van der Waals surface area contributed by atoms with Crippen LogP contribution in [0.5, 0.6) is 5.75 Å². The number of nitrogens with one attached hydrogen (secondary N) is 2. The molecule has 1 saturated heterocycles. The minimum Gasteiger partial charge on any atom is -0.476 e. The molecule has 2 aliphatic heterocycles. The SMILES string of the molecule is CC[C@@H](NC(=O)[C@@H]1CNC[C@H](C(=O)N(c2ccc3c(c2)N(CCCOC)C(=O)C(C)(C)O3)C2CC2)C1)c1ccccc1. The fourth-order valence-corrected chi connectivity index (χ4v) is 6.07. The topological polar surface area (TPSA) is 100 Å². The zero-order valence-electron chi connectivity index (χ0n) is 25.2. The predicted molar refractivity (Wildman–Crippen MR) is 163 cm³/mol. The molecule has 5 rings (SSSR count). The molecule has 0 unspecified atom stereocenters. The molecule has 3 amide bonds. The van der Waals surface area contributed by atoms with Gasteiger partial charge in [0.15, 0.2) is 5.60 Å². The summed E-state index contributed by atoms with van der Waals surface area (Å²) >= 11 is 0. The van der Waals surface area contributed by atoms with E-state index in [1.165, 1.54) is 0 Å². The third-order valence-corrected chi connectivity index (χ3v) is 8.51. The van der Waals surface area contributed by atoms with Crippen molar-refractivity contribution in [2.45, 2.75) is 70.6 Å². The molecule has 1 aliphatic carbocycles. The highest BCUT2D eigenvalue weighted by molar-refractivity contribution is 6.04. The predicted octanol–water partition coefficient (Wildman–Crippen LogP) is 4.22. The van der Waals surface area contributed by atoms with Crippen LogP contribution in [0.3, 0.4) is 0 Å². The van der Waals surface area contributed by atoms with Gasteiger partial charge in [0.25, 0.3) is 5.91 Å². The summed E-state index contributed by atoms with van der Waals surface area (Å²) in [6.45, 7) is 7.74. The van der Waals surface area contributed by atoms with Gasteiger partial charge in [0.1, 0.15) is 5.75 Å². The number of carbonyl (C=O) groups excluding carboxylic acids is 3. The maximum absolute atomic E-state index is 14.1. The largest absolute Gasteiger partial charge is 0.476 e. The van der Waals surface area contributed by atoms with E-state index in [-0.39, 0.29) is 41.6 Å². The first kappa shape index (κ1) is 30.0. The molecule has 1 saturated carbocycles. The number of hydrogen-bond acceptors (Lipinski definition) is 6. The van der Waals surface area contributed by atoms with Gasteiger partial charge in [-0.1, -0.05) is 37.3 Å². The number of methoxy groups -OCH3 is 1. The van der Waals surface area contributed by atoms with Crippen molar-refractivity contribution >= 4 is 29.1 Å². The lowest BCUT2D eigenvalue weighted by Crippen LogP contribution is -2.53. The third kappa shape index (κ3) is 6.47. The normalized spacial score (nSPS) is 22.1. The fraction of sp³-hybridized carbons (Fsp3) is 0.545. The van der Waals surface area contributed by atoms with Crippen LogP contribution in [0.4, 0.5) is 11.4 Å². The quantitative estimate of drug-likeness (QED) is 0.389. The molecular formula is C33H44N4O5. The van der Waals surface area contributed by atoms with E-state index in [1.54, 1.807) is 25.9 Å². The second-order valence-electron chi connectivity index (χ2n) is 12.2. The summed E-state index contributed by atoms with van der Waals surface area (Å²) in [7, 11) is 1.65. The summed E-state index contributed by atoms with van der Waals surface area (Å²) in [5.41, 5.74) is 1.54. The van der Waals surface area contributed by atoms with Crippen LogP contribution in [0.1, 0.15) is 64.5 Å². The molecule has 2 heterocycles. The summed E-state index contributed by atoms with van der Waals surface area (Å²) in [5, 5.41) is 6.57. The molecule has 226 valence electrons. The molecule has 3 aliphatic rings. The zero-order valence-corrected chi connectivity index (χ0v) is 25.2. The summed E-state index contributed by atoms with van der Waals surface area (Å²) in [6, 6.07) is 15.8. The van der Waals surface area contributed by atoms with Crippen LogP contribution in [-0.4, -0.2) is 62.7 Å². The molecule has 2 aromatic rings. The van der Waals surface area contributed by atoms with Crippen LogP contribution in [0, 0.1) is 11.8 Å². The summed E-state index contributed by atoms with van der Waals surface area (Å²) in [4.78, 5) is 44.4. The molecule has 3 atom stereocenters. The zero-order chi connectivity index (χ0) is 29.9. The monoisotopic (exact) mass is 576 g/mol. The van der Waals surface area contributed by atoms with Gasteiger partial charge >= 0.3 is 0 Å². The lowest BCUT2D eigenvalue weighted by molar-refractivity contribution is -0.132. The molecule has 9 nitrogen and oxygen atoms in total. The maximum atomic E-state index is 14.1. The fourth-order valence-electron chi connectivity index (χ4n) is 6.07. The molecule has 2 fully saturated rings. The van der Waals surface area contributed by atoms with Crippen LogP contribution in [0.15, 0.2) is 48.5 Å². The third-order valence-electron chi connectivity index (χ3n) is 8.51. The van der Waals surface area contributed by atoms with E-state index in [1.807, 2.05) is 53.4 Å². The number of anilines is 2. The van der Waals surface area contributed by atoms with Gasteiger partial charge in [0, 0.05) is 45.1 Å². The minimum absolute atomic E-state index is 0.0202. The standard InChI is InChI=1S/C33H44N4O5/c1-5-27(22-10-7-6-8-11-22)35-30(38)23-18-24(21-34-20-23)31(39)37(25-12-13-25)26-14-15-29-28(19-26)36(16-9-17-41-4)32(40)33(2,3)42-29/h6-8,10-11,14-15,19,23-25,27,34H,5,9,12-13,16-18,20-21H2,1-4H3,(H,35,38)/t23-,24+,27+/m0/s1. The van der Waals surface area contributed by atoms with E-state index in [9.17, 15) is 14.4 Å². The van der Waals surface area contributed by atoms with E-state index in [4.69, 9.17) is 9.47 Å². The Labute approximate surface area is 248 Å². The van der Waals surface area contributed by atoms with Gasteiger partial charge in [0.2, 0.25) is 11.8 Å². The smallest absolute Gasteiger partial charge is 0.270 e. The van der Waals surface area contributed by atoms with Gasteiger partial charge in [-0.3, -0.25) is 14.4 Å². The average Bonchev–Trinajstić information content (AvgIpc) is 3.83. The Balaban J connectivity index is 1.33. The van der Waals surface area contributed by atoms with Crippen molar-refractivity contribution in [1.82, 2.24) is 10.6 Å². The van der Waals surface area contributed by atoms with Crippen LogP contribution in [0.25, 0.3) is 0 Å². The van der Waals surface area contributed by atoms with Crippen molar-refractivity contribution in [2.75, 3.05) is 43.2 Å². The van der Waals surface area contributed by atoms with E-state index in [0.717, 1.165) is 30.5 Å². The number of ether oxygens (including phenoxy) is 2. The first-order chi connectivity index (χ1) is 20.2. The molecule has 2 N–H and O–H groups in total. The van der Waals surface area contributed by atoms with Crippen LogP contribution in [-0.2, 0) is 19.1 Å². The maximum Gasteiger partial charge on any atom is 0.270 e. The molecule has 2 aromatic carbocycles. The van der Waals surface area contributed by atoms with Crippen molar-refractivity contribution in [3.63, 3.8) is 0 Å². The Hall–Kier alpha value is -3.43. The second kappa shape index (κ2) is 12.8. The highest BCUT2D eigenvalue weighted by atomic mass is 16.5. The van der Waals surface area contributed by atoms with E-state index < -0.39 is 5.60 Å². The molecule has 0 aromatic heterocycles. The highest BCUT2D eigenvalue weighted by Crippen LogP contribution is 2.43. The molecule has 0 radical (unpaired) electrons. The number of carbonyl (C=O) groups is 3. The van der Waals surface area contributed by atoms with E-state index in [2.05, 4.69) is 17.6 Å². The lowest BCUT2D eigenvalue weighted by atomic mass is 9.88. The molecular weight excluding hydrogens is 532 g/mol. The van der Waals surface area contributed by atoms with Gasteiger partial charge in [0.05, 0.1) is 23.6 Å². The Morgan fingerprint density at radius 2 is 1.88 bits per heavy atom. The number of hydrogen-bond donors (Lipinski definition) is 2. The summed E-state index contributed by atoms with van der Waals surface area (Å²) in [5.74, 6) is -0.0980. The van der Waals surface area contributed by atoms with Crippen molar-refractivity contribution in [1.29, 1.82) is 0 Å². The second-order valence-corrected chi connectivity index (χ2v) is 12.2. The van der Waals surface area contributed by atoms with Crippen LogP contribution >= 0.6 is 0 Å². The number of piperidine rings is 1. The molecule has 0 bridgehead atoms. The van der Waals surface area contributed by atoms with Crippen molar-refractivity contribution < 1.29 is 23.9 Å². The summed E-state index contributed by atoms with van der Waals surface area (Å²) < 4.78 is 11.3. The van der Waals surface area contributed by atoms with Gasteiger partial charge < -0.3 is 29.9 Å². The first-order valence-corrected chi connectivity index (χ1v) is 15.3. The summed E-state index contributed by atoms with van der Waals surface area (Å²) in [6.07, 6.45) is 3.84.